The lowest BCUT2D eigenvalue weighted by Crippen LogP contribution is -2.61. The van der Waals surface area contributed by atoms with Crippen molar-refractivity contribution >= 4 is 101 Å². The van der Waals surface area contributed by atoms with Crippen molar-refractivity contribution in [3.63, 3.8) is 0 Å². The van der Waals surface area contributed by atoms with Gasteiger partial charge in [0.2, 0.25) is 0 Å². The van der Waals surface area contributed by atoms with Gasteiger partial charge in [0.25, 0.3) is 6.71 Å². The molecule has 5 heteroatoms. The van der Waals surface area contributed by atoms with Crippen molar-refractivity contribution in [3.8, 4) is 55.9 Å². The Hall–Kier alpha value is -10.9. The van der Waals surface area contributed by atoms with Crippen LogP contribution in [0.4, 0.5) is 34.1 Å². The van der Waals surface area contributed by atoms with E-state index < -0.39 is 103 Å². The smallest absolute Gasteiger partial charge is 0.252 e. The maximum Gasteiger partial charge on any atom is 0.252 e. The number of anilines is 6. The first-order chi connectivity index (χ1) is 54.1. The third-order valence-corrected chi connectivity index (χ3v) is 19.0. The number of para-hydroxylation sites is 4. The van der Waals surface area contributed by atoms with Gasteiger partial charge in [-0.05, 0) is 176 Å². The molecular formula is C93H81BN4. The van der Waals surface area contributed by atoms with E-state index in [9.17, 15) is 16.4 Å². The fraction of sp³-hybridized carbons (Fsp3) is 0.161. The molecule has 0 fully saturated rings. The molecule has 13 aromatic carbocycles. The van der Waals surface area contributed by atoms with Gasteiger partial charge in [0.15, 0.2) is 0 Å². The van der Waals surface area contributed by atoms with Gasteiger partial charge in [0.05, 0.1) is 55.4 Å². The second kappa shape index (κ2) is 23.5. The number of rotatable bonds is 11. The molecule has 0 aliphatic carbocycles. The van der Waals surface area contributed by atoms with Crippen LogP contribution >= 0.6 is 0 Å². The predicted molar refractivity (Wildman–Crippen MR) is 420 cm³/mol. The first-order valence-corrected chi connectivity index (χ1v) is 33.8. The Bertz CT molecular complexity index is 5940. The van der Waals surface area contributed by atoms with E-state index in [2.05, 4.69) is 157 Å². The van der Waals surface area contributed by atoms with Gasteiger partial charge in [-0.2, -0.15) is 0 Å². The minimum atomic E-state index is -0.735. The van der Waals surface area contributed by atoms with Crippen LogP contribution in [0.15, 0.2) is 291 Å². The lowest BCUT2D eigenvalue weighted by molar-refractivity contribution is 0.411. The van der Waals surface area contributed by atoms with Crippen LogP contribution in [0.5, 0.6) is 0 Å². The number of benzene rings is 13. The number of nitrogens with zero attached hydrogens (tertiary/aromatic N) is 4. The van der Waals surface area contributed by atoms with Gasteiger partial charge in [-0.15, -0.1) is 0 Å². The summed E-state index contributed by atoms with van der Waals surface area (Å²) in [5, 5.41) is -0.244. The van der Waals surface area contributed by atoms with Crippen LogP contribution in [0.1, 0.15) is 101 Å². The highest BCUT2D eigenvalue weighted by atomic mass is 15.2. The van der Waals surface area contributed by atoms with E-state index in [1.165, 1.54) is 0 Å². The third kappa shape index (κ3) is 10.6. The van der Waals surface area contributed by atoms with E-state index >= 15 is 0 Å². The molecule has 4 nitrogen and oxygen atoms in total. The van der Waals surface area contributed by atoms with Gasteiger partial charge in [-0.25, -0.2) is 0 Å². The lowest BCUT2D eigenvalue weighted by Gasteiger charge is -2.46. The molecule has 17 rings (SSSR count). The van der Waals surface area contributed by atoms with Crippen LogP contribution in [-0.4, -0.2) is 15.8 Å². The van der Waals surface area contributed by atoms with Crippen molar-refractivity contribution in [2.45, 2.75) is 81.6 Å². The van der Waals surface area contributed by atoms with Gasteiger partial charge in [-0.3, -0.25) is 0 Å². The first-order valence-electron chi connectivity index (χ1n) is 41.8. The fourth-order valence-corrected chi connectivity index (χ4v) is 15.5. The van der Waals surface area contributed by atoms with Crippen LogP contribution in [0.25, 0.3) is 99.5 Å². The average Bonchev–Trinajstić information content (AvgIpc) is 1.21. The maximum atomic E-state index is 9.86. The number of fused-ring (bicyclic) bond motifs is 10. The molecule has 0 amide bonds. The summed E-state index contributed by atoms with van der Waals surface area (Å²) in [6.45, 7) is 19.3. The van der Waals surface area contributed by atoms with Crippen LogP contribution in [0.2, 0.25) is 0 Å². The Labute approximate surface area is 600 Å². The summed E-state index contributed by atoms with van der Waals surface area (Å²) in [7, 11) is 0. The molecule has 0 atom stereocenters. The topological polar surface area (TPSA) is 16.3 Å². The van der Waals surface area contributed by atoms with Gasteiger partial charge in [0.1, 0.15) is 0 Å². The van der Waals surface area contributed by atoms with Crippen LogP contribution in [0.3, 0.4) is 0 Å². The Morgan fingerprint density at radius 1 is 0.306 bits per heavy atom. The molecule has 476 valence electrons. The lowest BCUT2D eigenvalue weighted by atomic mass is 9.33. The van der Waals surface area contributed by atoms with Crippen molar-refractivity contribution in [2.75, 3.05) is 9.80 Å². The van der Waals surface area contributed by atoms with Crippen molar-refractivity contribution in [3.05, 3.63) is 307 Å². The largest absolute Gasteiger partial charge is 0.310 e. The van der Waals surface area contributed by atoms with E-state index in [1.54, 1.807) is 9.13 Å². The maximum absolute atomic E-state index is 9.86. The molecule has 15 aromatic rings. The second-order valence-corrected chi connectivity index (χ2v) is 30.0. The number of hydrogen-bond acceptors (Lipinski definition) is 2. The Morgan fingerprint density at radius 3 is 0.867 bits per heavy atom. The average molecular weight is 1280 g/mol. The first kappa shape index (κ1) is 45.5. The van der Waals surface area contributed by atoms with Crippen LogP contribution < -0.4 is 26.2 Å². The summed E-state index contributed by atoms with van der Waals surface area (Å²) in [5.74, 6) is 0. The zero-order valence-corrected chi connectivity index (χ0v) is 56.5. The van der Waals surface area contributed by atoms with E-state index in [-0.39, 0.29) is 59.9 Å². The summed E-state index contributed by atoms with van der Waals surface area (Å²) < 4.78 is 154. The molecule has 0 N–H and O–H groups in total. The van der Waals surface area contributed by atoms with Crippen molar-refractivity contribution in [1.29, 1.82) is 0 Å². The third-order valence-electron chi connectivity index (χ3n) is 19.0. The summed E-state index contributed by atoms with van der Waals surface area (Å²) in [4.78, 5) is 4.73. The van der Waals surface area contributed by atoms with E-state index in [0.717, 1.165) is 100 Å². The summed E-state index contributed by atoms with van der Waals surface area (Å²) in [5.41, 5.74) is 17.0. The Morgan fingerprint density at radius 2 is 0.582 bits per heavy atom. The van der Waals surface area contributed by atoms with Gasteiger partial charge < -0.3 is 18.9 Å². The zero-order chi connectivity index (χ0) is 80.7. The van der Waals surface area contributed by atoms with E-state index in [1.807, 2.05) is 109 Å². The van der Waals surface area contributed by atoms with Gasteiger partial charge >= 0.3 is 0 Å². The minimum Gasteiger partial charge on any atom is -0.310 e. The molecule has 0 radical (unpaired) electrons. The van der Waals surface area contributed by atoms with Gasteiger partial charge in [0, 0.05) is 77.9 Å². The fourth-order valence-electron chi connectivity index (χ4n) is 15.5. The summed E-state index contributed by atoms with van der Waals surface area (Å²) >= 11 is 0. The Kier molecular flexibility index (Phi) is 10.9. The molecule has 0 saturated carbocycles. The molecule has 2 aliphatic rings. The standard InChI is InChI=1S/C93H81BN4/c1-91(2,3)58-61-50-74(64-30-14-10-15-31-64)89(75(51-61)65-32-16-11-17-33-65)97-84-56-68(95-80-42-26-22-38-70(80)71-39-23-27-43-81(71)95)46-48-78(84)94-79-49-47-69(96-82-44-28-24-40-72(82)73-41-25-29-45-83(73)96)57-85(79)98(87-55-63(60-93(7,8)9)54-86(97)88(87)94)90-76(66-34-18-12-19-35-66)52-62(59-92(4,5)6)53-77(90)67-36-20-13-21-37-67/h10-57H,58-60H2,1-9H3/i22D,23D,24D,25D,26D,27D,28D,29D,38D,39D,40D,41D,42D,43D,44D,45D. The van der Waals surface area contributed by atoms with Crippen LogP contribution in [-0.2, 0) is 19.3 Å². The number of aromatic nitrogens is 2. The van der Waals surface area contributed by atoms with Gasteiger partial charge in [-0.1, -0.05) is 268 Å². The monoisotopic (exact) mass is 1280 g/mol. The van der Waals surface area contributed by atoms with Crippen molar-refractivity contribution in [1.82, 2.24) is 9.13 Å². The summed E-state index contributed by atoms with van der Waals surface area (Å²) in [6, 6.07) is 59.1. The van der Waals surface area contributed by atoms with Crippen molar-refractivity contribution in [2.24, 2.45) is 16.2 Å². The molecule has 2 aliphatic heterocycles. The molecule has 4 heterocycles. The van der Waals surface area contributed by atoms with E-state index in [0.29, 0.717) is 42.0 Å². The Balaban J connectivity index is 1.11. The van der Waals surface area contributed by atoms with Crippen LogP contribution in [0, 0.1) is 16.2 Å². The highest BCUT2D eigenvalue weighted by molar-refractivity contribution is 7.00. The highest BCUT2D eigenvalue weighted by Gasteiger charge is 2.46. The number of hydrogen-bond donors (Lipinski definition) is 0. The zero-order valence-electron chi connectivity index (χ0n) is 72.5. The quantitative estimate of drug-likeness (QED) is 0.120. The molecule has 0 unspecified atom stereocenters. The molecule has 0 saturated heterocycles. The SMILES string of the molecule is [2H]c1c([2H])c([2H])c2c(c1[2H])c1c([2H])c([2H])c([2H])c([2H])c1n2-c1ccc2c(c1)N(c1c(-c3ccccc3)cc(CC(C)(C)C)cc1-c1ccccc1)c1cc(CC(C)(C)C)cc3c1B2c1ccc(-n2c4c([2H])c([2H])c([2H])c([2H])c4c4c([2H])c([2H])c([2H])c([2H])c42)cc1N3c1c(-c2ccccc2)cc(CC(C)(C)C)cc1-c1ccccc1. The molecule has 0 spiro atoms. The van der Waals surface area contributed by atoms with Crippen molar-refractivity contribution < 1.29 is 21.9 Å². The summed E-state index contributed by atoms with van der Waals surface area (Å²) in [6.07, 6.45) is 1.94. The predicted octanol–water partition coefficient (Wildman–Crippen LogP) is 23.4. The second-order valence-electron chi connectivity index (χ2n) is 30.0. The molecule has 98 heavy (non-hydrogen) atoms. The minimum absolute atomic E-state index is 0.0372. The molecule has 0 bridgehead atoms. The normalized spacial score (nSPS) is 15.3. The molecular weight excluding hydrogens is 1180 g/mol. The highest BCUT2D eigenvalue weighted by Crippen LogP contribution is 2.55. The van der Waals surface area contributed by atoms with E-state index in [4.69, 9.17) is 5.48 Å². The molecule has 2 aromatic heterocycles.